The summed E-state index contributed by atoms with van der Waals surface area (Å²) in [5, 5.41) is 62.7. The Labute approximate surface area is 233 Å². The molecule has 0 aliphatic carbocycles. The lowest BCUT2D eigenvalue weighted by atomic mass is 9.96. The van der Waals surface area contributed by atoms with Crippen molar-refractivity contribution in [2.45, 2.75) is 0 Å². The zero-order valence-corrected chi connectivity index (χ0v) is 20.6. The predicted molar refractivity (Wildman–Crippen MR) is 138 cm³/mol. The first-order chi connectivity index (χ1) is 20.1. The molecule has 0 unspecified atom stereocenters. The van der Waals surface area contributed by atoms with Crippen LogP contribution in [0.25, 0.3) is 21.5 Å². The number of nitrogens with zero attached hydrogens (tertiary/aromatic N) is 4. The van der Waals surface area contributed by atoms with Gasteiger partial charge in [0.15, 0.2) is 0 Å². The first kappa shape index (κ1) is 29.1. The normalized spacial score (nSPS) is 10.7. The lowest BCUT2D eigenvalue weighted by molar-refractivity contribution is -0.385. The largest absolute Gasteiger partial charge is 0.478 e. The lowest BCUT2D eigenvalue weighted by Gasteiger charge is -2.11. The van der Waals surface area contributed by atoms with Gasteiger partial charge in [0.05, 0.1) is 41.9 Å². The second-order valence-electron chi connectivity index (χ2n) is 8.49. The van der Waals surface area contributed by atoms with Gasteiger partial charge in [0.1, 0.15) is 0 Å². The molecule has 216 valence electrons. The summed E-state index contributed by atoms with van der Waals surface area (Å²) in [6.07, 6.45) is 0. The summed E-state index contributed by atoms with van der Waals surface area (Å²) >= 11 is 0. The monoisotopic (exact) mass is 594 g/mol. The number of hydrogen-bond acceptors (Lipinski definition) is 13. The molecular weight excluding hydrogens is 584 g/mol. The molecule has 0 aromatic heterocycles. The molecule has 0 amide bonds. The highest BCUT2D eigenvalue weighted by molar-refractivity contribution is 6.19. The summed E-state index contributed by atoms with van der Waals surface area (Å²) in [5.74, 6) is -7.12. The van der Waals surface area contributed by atoms with Gasteiger partial charge < -0.3 is 14.9 Å². The van der Waals surface area contributed by atoms with Gasteiger partial charge in [-0.2, -0.15) is 0 Å². The Morgan fingerprint density at radius 3 is 0.977 bits per heavy atom. The van der Waals surface area contributed by atoms with Crippen molar-refractivity contribution < 1.29 is 53.8 Å². The van der Waals surface area contributed by atoms with Crippen molar-refractivity contribution in [3.05, 3.63) is 111 Å². The van der Waals surface area contributed by atoms with E-state index in [1.807, 2.05) is 0 Å². The van der Waals surface area contributed by atoms with Gasteiger partial charge in [-0.25, -0.2) is 19.2 Å². The van der Waals surface area contributed by atoms with E-state index in [0.29, 0.717) is 24.3 Å². The summed E-state index contributed by atoms with van der Waals surface area (Å²) in [5.41, 5.74) is -6.95. The number of aromatic carboxylic acids is 2. The summed E-state index contributed by atoms with van der Waals surface area (Å²) in [6, 6.07) is 5.06. The van der Waals surface area contributed by atoms with Gasteiger partial charge in [-0.05, 0) is 10.8 Å². The fraction of sp³-hybridized carbons (Fsp3) is 0. The summed E-state index contributed by atoms with van der Waals surface area (Å²) < 4.78 is 4.76. The Hall–Kier alpha value is -6.92. The number of non-ortho nitro benzene ring substituents is 4. The molecule has 0 spiro atoms. The van der Waals surface area contributed by atoms with Gasteiger partial charge in [-0.1, -0.05) is 0 Å². The number of hydrogen-bond donors (Lipinski definition) is 2. The predicted octanol–water partition coefficient (Wildman–Crippen LogP) is 4.02. The Kier molecular flexibility index (Phi) is 7.15. The highest BCUT2D eigenvalue weighted by Crippen LogP contribution is 2.35. The van der Waals surface area contributed by atoms with Gasteiger partial charge >= 0.3 is 23.9 Å². The molecule has 19 heteroatoms. The van der Waals surface area contributed by atoms with E-state index in [4.69, 9.17) is 4.74 Å². The van der Waals surface area contributed by atoms with Crippen LogP contribution in [0.5, 0.6) is 0 Å². The molecule has 0 aliphatic heterocycles. The Bertz CT molecular complexity index is 1860. The highest BCUT2D eigenvalue weighted by atomic mass is 16.6. The maximum absolute atomic E-state index is 13.2. The molecule has 19 nitrogen and oxygen atoms in total. The number of rotatable bonds is 8. The number of carboxylic acid groups (broad SMARTS) is 2. The molecule has 0 saturated heterocycles. The first-order valence-corrected chi connectivity index (χ1v) is 11.1. The smallest absolute Gasteiger partial charge is 0.346 e. The summed E-state index contributed by atoms with van der Waals surface area (Å²) in [7, 11) is 0. The third-order valence-corrected chi connectivity index (χ3v) is 5.97. The molecule has 4 aromatic rings. The van der Waals surface area contributed by atoms with Gasteiger partial charge in [-0.3, -0.25) is 40.5 Å². The molecule has 0 aliphatic rings. The van der Waals surface area contributed by atoms with Crippen LogP contribution in [-0.2, 0) is 4.74 Å². The summed E-state index contributed by atoms with van der Waals surface area (Å²) in [4.78, 5) is 91.7. The third kappa shape index (κ3) is 5.30. The maximum atomic E-state index is 13.2. The number of carboxylic acids is 2. The van der Waals surface area contributed by atoms with E-state index in [-0.39, 0.29) is 0 Å². The number of carbonyl (C=O) groups excluding carboxylic acids is 2. The van der Waals surface area contributed by atoms with Crippen LogP contribution in [0, 0.1) is 40.5 Å². The quantitative estimate of drug-likeness (QED) is 0.126. The zero-order valence-electron chi connectivity index (χ0n) is 20.6. The molecule has 0 saturated carbocycles. The standard InChI is InChI=1S/C24H10N4O15/c29-21(30)15-5-11(25(35)36)1-9-3-13(27(39)40)7-17(19(9)15)23(33)43-24(34)18-8-14(28(41)42)4-10-2-12(26(37)38)6-16(20(10)18)22(31)32/h1-8H,(H,29,30)(H,31,32). The van der Waals surface area contributed by atoms with Crippen LogP contribution < -0.4 is 0 Å². The fourth-order valence-corrected chi connectivity index (χ4v) is 4.24. The van der Waals surface area contributed by atoms with Crippen molar-refractivity contribution in [2.75, 3.05) is 0 Å². The maximum Gasteiger partial charge on any atom is 0.346 e. The molecule has 4 rings (SSSR count). The number of carbonyl (C=O) groups is 4. The lowest BCUT2D eigenvalue weighted by Crippen LogP contribution is -2.16. The van der Waals surface area contributed by atoms with Crippen LogP contribution >= 0.6 is 0 Å². The molecule has 43 heavy (non-hydrogen) atoms. The van der Waals surface area contributed by atoms with E-state index >= 15 is 0 Å². The number of fused-ring (bicyclic) bond motifs is 2. The number of nitro benzene ring substituents is 4. The number of benzene rings is 4. The molecule has 0 radical (unpaired) electrons. The average molecular weight is 594 g/mol. The van der Waals surface area contributed by atoms with Crippen LogP contribution in [0.3, 0.4) is 0 Å². The molecule has 0 bridgehead atoms. The van der Waals surface area contributed by atoms with Crippen LogP contribution in [0.4, 0.5) is 22.7 Å². The van der Waals surface area contributed by atoms with Crippen molar-refractivity contribution >= 4 is 68.2 Å². The molecule has 4 aromatic carbocycles. The van der Waals surface area contributed by atoms with Crippen LogP contribution in [0.2, 0.25) is 0 Å². The Morgan fingerprint density at radius 1 is 0.488 bits per heavy atom. The van der Waals surface area contributed by atoms with E-state index in [0.717, 1.165) is 24.3 Å². The fourth-order valence-electron chi connectivity index (χ4n) is 4.24. The summed E-state index contributed by atoms with van der Waals surface area (Å²) in [6.45, 7) is 0. The molecule has 0 fully saturated rings. The van der Waals surface area contributed by atoms with E-state index in [1.54, 1.807) is 0 Å². The second kappa shape index (κ2) is 10.6. The zero-order chi connectivity index (χ0) is 31.9. The third-order valence-electron chi connectivity index (χ3n) is 5.97. The second-order valence-corrected chi connectivity index (χ2v) is 8.49. The Morgan fingerprint density at radius 2 is 0.744 bits per heavy atom. The minimum absolute atomic E-state index is 0.471. The van der Waals surface area contributed by atoms with Gasteiger partial charge in [0.2, 0.25) is 0 Å². The van der Waals surface area contributed by atoms with Crippen LogP contribution in [-0.4, -0.2) is 53.8 Å². The van der Waals surface area contributed by atoms with E-state index < -0.39 is 110 Å². The number of nitro groups is 4. The molecule has 2 N–H and O–H groups in total. The van der Waals surface area contributed by atoms with Crippen molar-refractivity contribution in [2.24, 2.45) is 0 Å². The van der Waals surface area contributed by atoms with Gasteiger partial charge in [0.25, 0.3) is 22.7 Å². The van der Waals surface area contributed by atoms with Crippen LogP contribution in [0.1, 0.15) is 41.4 Å². The SMILES string of the molecule is O=C(O)c1cc([N+](=O)[O-])cc2cc([N+](=O)[O-])cc(C(=O)OC(=O)c3cc([N+](=O)[O-])cc4cc([N+](=O)[O-])cc(C(=O)O)c34)c12. The van der Waals surface area contributed by atoms with E-state index in [9.17, 15) is 69.8 Å². The topological polar surface area (TPSA) is 291 Å². The van der Waals surface area contributed by atoms with Crippen LogP contribution in [0.15, 0.2) is 48.5 Å². The van der Waals surface area contributed by atoms with Crippen molar-refractivity contribution in [3.63, 3.8) is 0 Å². The molecule has 0 heterocycles. The molecule has 0 atom stereocenters. The van der Waals surface area contributed by atoms with Gasteiger partial charge in [-0.15, -0.1) is 0 Å². The molecular formula is C24H10N4O15. The van der Waals surface area contributed by atoms with Gasteiger partial charge in [0, 0.05) is 59.3 Å². The Balaban J connectivity index is 1.96. The minimum Gasteiger partial charge on any atom is -0.478 e. The van der Waals surface area contributed by atoms with Crippen molar-refractivity contribution in [1.82, 2.24) is 0 Å². The van der Waals surface area contributed by atoms with E-state index in [1.165, 1.54) is 0 Å². The van der Waals surface area contributed by atoms with E-state index in [2.05, 4.69) is 0 Å². The average Bonchev–Trinajstić information content (AvgIpc) is 2.93. The first-order valence-electron chi connectivity index (χ1n) is 11.1. The highest BCUT2D eigenvalue weighted by Gasteiger charge is 2.30. The number of esters is 2. The number of ether oxygens (including phenoxy) is 1. The van der Waals surface area contributed by atoms with Crippen molar-refractivity contribution in [3.8, 4) is 0 Å². The minimum atomic E-state index is -1.81. The van der Waals surface area contributed by atoms with Crippen molar-refractivity contribution in [1.29, 1.82) is 0 Å².